The number of hydrogen-bond donors (Lipinski definition) is 0. The maximum absolute atomic E-state index is 12.9. The maximum Gasteiger partial charge on any atom is 0.320 e. The molecule has 0 aliphatic carbocycles. The van der Waals surface area contributed by atoms with Gasteiger partial charge in [0.1, 0.15) is 17.9 Å². The van der Waals surface area contributed by atoms with Crippen molar-refractivity contribution >= 4 is 11.8 Å². The summed E-state index contributed by atoms with van der Waals surface area (Å²) in [6.45, 7) is 2.93. The normalized spacial score (nSPS) is 22.9. The molecule has 1 aromatic heterocycles. The van der Waals surface area contributed by atoms with Crippen molar-refractivity contribution in [2.75, 3.05) is 52.8 Å². The molecule has 2 saturated heterocycles. The molecule has 0 radical (unpaired) electrons. The average Bonchev–Trinajstić information content (AvgIpc) is 3.32. The van der Waals surface area contributed by atoms with Crippen LogP contribution in [0.5, 0.6) is 5.75 Å². The molecule has 0 unspecified atom stereocenters. The van der Waals surface area contributed by atoms with Gasteiger partial charge in [0.15, 0.2) is 0 Å². The van der Waals surface area contributed by atoms with E-state index in [0.29, 0.717) is 18.4 Å². The molecule has 2 aromatic rings. The Morgan fingerprint density at radius 1 is 1.13 bits per heavy atom. The third-order valence-corrected chi connectivity index (χ3v) is 6.08. The molecule has 8 heteroatoms. The van der Waals surface area contributed by atoms with Crippen LogP contribution in [-0.4, -0.2) is 73.7 Å². The van der Waals surface area contributed by atoms with Crippen molar-refractivity contribution < 1.29 is 14.3 Å². The Kier molecular flexibility index (Phi) is 5.76. The van der Waals surface area contributed by atoms with Gasteiger partial charge in [-0.2, -0.15) is 0 Å². The SMILES string of the molecule is COCc1cc(N2C[C@@H]3CN(C(=O)N(C)C)[C@@H](c4ccc(OC)cc4)[C@@H]3C2)ncn1. The standard InChI is InChI=1S/C22H29N5O3/c1-25(2)22(28)27-11-16-10-26(20-9-17(13-29-3)23-14-24-20)12-19(16)21(27)15-5-7-18(30-4)8-6-15/h5-9,14,16,19,21H,10-13H2,1-4H3/t16-,19-,21+/m1/s1. The Morgan fingerprint density at radius 3 is 2.57 bits per heavy atom. The number of aromatic nitrogens is 2. The predicted octanol–water partition coefficient (Wildman–Crippen LogP) is 2.42. The van der Waals surface area contributed by atoms with Gasteiger partial charge in [-0.1, -0.05) is 12.1 Å². The van der Waals surface area contributed by atoms with Crippen molar-refractivity contribution in [3.63, 3.8) is 0 Å². The number of anilines is 1. The second-order valence-corrected chi connectivity index (χ2v) is 8.18. The minimum Gasteiger partial charge on any atom is -0.497 e. The van der Waals surface area contributed by atoms with Crippen LogP contribution >= 0.6 is 0 Å². The van der Waals surface area contributed by atoms with E-state index in [1.165, 1.54) is 0 Å². The van der Waals surface area contributed by atoms with E-state index in [-0.39, 0.29) is 12.1 Å². The molecule has 2 aliphatic rings. The van der Waals surface area contributed by atoms with E-state index in [9.17, 15) is 4.79 Å². The van der Waals surface area contributed by atoms with Crippen LogP contribution in [0.4, 0.5) is 10.6 Å². The van der Waals surface area contributed by atoms with E-state index in [1.54, 1.807) is 25.4 Å². The Balaban J connectivity index is 1.61. The number of urea groups is 1. The zero-order valence-corrected chi connectivity index (χ0v) is 18.0. The third kappa shape index (κ3) is 3.79. The quantitative estimate of drug-likeness (QED) is 0.753. The van der Waals surface area contributed by atoms with Crippen molar-refractivity contribution in [1.29, 1.82) is 0 Å². The molecule has 1 aromatic carbocycles. The van der Waals surface area contributed by atoms with Crippen LogP contribution in [0.25, 0.3) is 0 Å². The highest BCUT2D eigenvalue weighted by molar-refractivity contribution is 5.75. The van der Waals surface area contributed by atoms with Gasteiger partial charge in [-0.05, 0) is 17.7 Å². The Labute approximate surface area is 177 Å². The van der Waals surface area contributed by atoms with Gasteiger partial charge < -0.3 is 24.2 Å². The number of methoxy groups -OCH3 is 2. The molecule has 0 N–H and O–H groups in total. The highest BCUT2D eigenvalue weighted by Crippen LogP contribution is 2.46. The van der Waals surface area contributed by atoms with Gasteiger partial charge >= 0.3 is 6.03 Å². The lowest BCUT2D eigenvalue weighted by Crippen LogP contribution is -2.41. The van der Waals surface area contributed by atoms with Crippen LogP contribution in [0, 0.1) is 11.8 Å². The largest absolute Gasteiger partial charge is 0.497 e. The Bertz CT molecular complexity index is 889. The van der Waals surface area contributed by atoms with Crippen molar-refractivity contribution in [3.8, 4) is 5.75 Å². The minimum absolute atomic E-state index is 0.0288. The summed E-state index contributed by atoms with van der Waals surface area (Å²) in [5.41, 5.74) is 2.01. The van der Waals surface area contributed by atoms with Crippen LogP contribution in [0.2, 0.25) is 0 Å². The molecule has 0 saturated carbocycles. The molecule has 160 valence electrons. The first kappa shape index (κ1) is 20.4. The maximum atomic E-state index is 12.9. The van der Waals surface area contributed by atoms with Crippen LogP contribution in [-0.2, 0) is 11.3 Å². The first-order valence-corrected chi connectivity index (χ1v) is 10.2. The summed E-state index contributed by atoms with van der Waals surface area (Å²) in [7, 11) is 6.95. The molecular weight excluding hydrogens is 382 g/mol. The lowest BCUT2D eigenvalue weighted by molar-refractivity contribution is 0.159. The molecule has 2 fully saturated rings. The van der Waals surface area contributed by atoms with Gasteiger partial charge in [-0.3, -0.25) is 0 Å². The number of rotatable bonds is 5. The summed E-state index contributed by atoms with van der Waals surface area (Å²) >= 11 is 0. The fourth-order valence-electron chi connectivity index (χ4n) is 4.70. The van der Waals surface area contributed by atoms with Gasteiger partial charge in [0.25, 0.3) is 0 Å². The summed E-state index contributed by atoms with van der Waals surface area (Å²) in [4.78, 5) is 27.7. The number of amides is 2. The van der Waals surface area contributed by atoms with Crippen LogP contribution in [0.1, 0.15) is 17.3 Å². The van der Waals surface area contributed by atoms with Gasteiger partial charge in [-0.25, -0.2) is 14.8 Å². The summed E-state index contributed by atoms with van der Waals surface area (Å²) in [5, 5.41) is 0. The molecule has 0 spiro atoms. The van der Waals surface area contributed by atoms with Gasteiger partial charge in [0.05, 0.1) is 25.5 Å². The van der Waals surface area contributed by atoms with Crippen LogP contribution < -0.4 is 9.64 Å². The second kappa shape index (κ2) is 8.47. The van der Waals surface area contributed by atoms with E-state index >= 15 is 0 Å². The van der Waals surface area contributed by atoms with Crippen molar-refractivity contribution in [3.05, 3.63) is 47.9 Å². The highest BCUT2D eigenvalue weighted by Gasteiger charge is 2.49. The van der Waals surface area contributed by atoms with Gasteiger partial charge in [0.2, 0.25) is 0 Å². The smallest absolute Gasteiger partial charge is 0.320 e. The molecule has 30 heavy (non-hydrogen) atoms. The highest BCUT2D eigenvalue weighted by atomic mass is 16.5. The number of fused-ring (bicyclic) bond motifs is 1. The Hall–Kier alpha value is -2.87. The minimum atomic E-state index is 0.0288. The first-order valence-electron chi connectivity index (χ1n) is 10.2. The third-order valence-electron chi connectivity index (χ3n) is 6.08. The average molecular weight is 412 g/mol. The predicted molar refractivity (Wildman–Crippen MR) is 113 cm³/mol. The van der Waals surface area contributed by atoms with E-state index in [1.807, 2.05) is 37.2 Å². The molecule has 3 heterocycles. The van der Waals surface area contributed by atoms with Gasteiger partial charge in [-0.15, -0.1) is 0 Å². The monoisotopic (exact) mass is 411 g/mol. The molecule has 3 atom stereocenters. The molecule has 4 rings (SSSR count). The van der Waals surface area contributed by atoms with Crippen molar-refractivity contribution in [2.45, 2.75) is 12.6 Å². The zero-order valence-electron chi connectivity index (χ0n) is 18.0. The molecule has 2 amide bonds. The van der Waals surface area contributed by atoms with Crippen LogP contribution in [0.15, 0.2) is 36.7 Å². The molecule has 2 aliphatic heterocycles. The lowest BCUT2D eigenvalue weighted by atomic mass is 9.89. The fraction of sp³-hybridized carbons (Fsp3) is 0.500. The first-order chi connectivity index (χ1) is 14.5. The van der Waals surface area contributed by atoms with E-state index in [2.05, 4.69) is 27.0 Å². The van der Waals surface area contributed by atoms with E-state index < -0.39 is 0 Å². The summed E-state index contributed by atoms with van der Waals surface area (Å²) in [6, 6.07) is 10.2. The van der Waals surface area contributed by atoms with Crippen LogP contribution in [0.3, 0.4) is 0 Å². The number of carbonyl (C=O) groups is 1. The zero-order chi connectivity index (χ0) is 21.3. The number of benzene rings is 1. The van der Waals surface area contributed by atoms with E-state index in [4.69, 9.17) is 9.47 Å². The molecule has 8 nitrogen and oxygen atoms in total. The number of carbonyl (C=O) groups excluding carboxylic acids is 1. The Morgan fingerprint density at radius 2 is 1.90 bits per heavy atom. The number of likely N-dealkylation sites (tertiary alicyclic amines) is 1. The molecular formula is C22H29N5O3. The second-order valence-electron chi connectivity index (χ2n) is 8.18. The molecule has 0 bridgehead atoms. The summed E-state index contributed by atoms with van der Waals surface area (Å²) < 4.78 is 10.5. The number of hydrogen-bond acceptors (Lipinski definition) is 6. The van der Waals surface area contributed by atoms with E-state index in [0.717, 1.165) is 42.5 Å². The fourth-order valence-corrected chi connectivity index (χ4v) is 4.70. The van der Waals surface area contributed by atoms with Crippen molar-refractivity contribution in [2.24, 2.45) is 11.8 Å². The number of nitrogens with zero attached hydrogens (tertiary/aromatic N) is 5. The summed E-state index contributed by atoms with van der Waals surface area (Å²) in [6.07, 6.45) is 1.60. The topological polar surface area (TPSA) is 71.0 Å². The van der Waals surface area contributed by atoms with Crippen molar-refractivity contribution in [1.82, 2.24) is 19.8 Å². The van der Waals surface area contributed by atoms with Gasteiger partial charge in [0, 0.05) is 58.7 Å². The lowest BCUT2D eigenvalue weighted by Gasteiger charge is -2.32. The summed E-state index contributed by atoms with van der Waals surface area (Å²) in [5.74, 6) is 2.47. The number of ether oxygens (including phenoxy) is 2.